The summed E-state index contributed by atoms with van der Waals surface area (Å²) in [6.45, 7) is 5.13. The molecule has 0 saturated heterocycles. The van der Waals surface area contributed by atoms with Gasteiger partial charge in [-0.05, 0) is 37.3 Å². The molecule has 1 aliphatic rings. The van der Waals surface area contributed by atoms with Gasteiger partial charge in [-0.25, -0.2) is 18.1 Å². The molecule has 1 fully saturated rings. The summed E-state index contributed by atoms with van der Waals surface area (Å²) >= 11 is 0. The lowest BCUT2D eigenvalue weighted by atomic mass is 10.2. The smallest absolute Gasteiger partial charge is 0.244 e. The molecule has 1 heterocycles. The highest BCUT2D eigenvalue weighted by molar-refractivity contribution is 7.89. The third-order valence-corrected chi connectivity index (χ3v) is 4.63. The molecule has 18 heavy (non-hydrogen) atoms. The number of nitrogens with one attached hydrogen (secondary N) is 2. The molecule has 1 saturated carbocycles. The van der Waals surface area contributed by atoms with Crippen LogP contribution in [0.1, 0.15) is 26.7 Å². The zero-order valence-corrected chi connectivity index (χ0v) is 11.5. The van der Waals surface area contributed by atoms with E-state index < -0.39 is 10.0 Å². The highest BCUT2D eigenvalue weighted by Gasteiger charge is 2.38. The lowest BCUT2D eigenvalue weighted by Gasteiger charge is -2.13. The first-order valence-corrected chi connectivity index (χ1v) is 7.64. The van der Waals surface area contributed by atoms with Crippen LogP contribution >= 0.6 is 0 Å². The molecule has 1 aromatic rings. The molecule has 2 rings (SSSR count). The van der Waals surface area contributed by atoms with E-state index in [1.165, 1.54) is 0 Å². The topological polar surface area (TPSA) is 71.1 Å². The van der Waals surface area contributed by atoms with Crippen LogP contribution in [0.2, 0.25) is 0 Å². The van der Waals surface area contributed by atoms with Gasteiger partial charge in [-0.1, -0.05) is 6.92 Å². The number of rotatable bonds is 6. The van der Waals surface area contributed by atoms with Gasteiger partial charge in [-0.15, -0.1) is 0 Å². The molecule has 0 aliphatic heterocycles. The van der Waals surface area contributed by atoms with Crippen molar-refractivity contribution >= 4 is 15.8 Å². The van der Waals surface area contributed by atoms with Crippen LogP contribution in [0, 0.1) is 5.41 Å². The van der Waals surface area contributed by atoms with E-state index in [1.54, 1.807) is 18.3 Å². The van der Waals surface area contributed by atoms with Gasteiger partial charge in [0.05, 0.1) is 0 Å². The van der Waals surface area contributed by atoms with Crippen molar-refractivity contribution in [1.82, 2.24) is 9.71 Å². The van der Waals surface area contributed by atoms with Gasteiger partial charge in [0.2, 0.25) is 10.0 Å². The van der Waals surface area contributed by atoms with Crippen molar-refractivity contribution in [3.63, 3.8) is 0 Å². The third-order valence-electron chi connectivity index (χ3n) is 3.20. The van der Waals surface area contributed by atoms with Gasteiger partial charge in [0, 0.05) is 19.3 Å². The molecular formula is C12H19N3O2S. The summed E-state index contributed by atoms with van der Waals surface area (Å²) in [5, 5.41) is 2.96. The lowest BCUT2D eigenvalue weighted by molar-refractivity contribution is 0.530. The van der Waals surface area contributed by atoms with Gasteiger partial charge in [0.15, 0.2) is 0 Å². The summed E-state index contributed by atoms with van der Waals surface area (Å²) in [5.74, 6) is 0.411. The highest BCUT2D eigenvalue weighted by Crippen LogP contribution is 2.44. The van der Waals surface area contributed by atoms with Crippen molar-refractivity contribution in [3.8, 4) is 0 Å². The summed E-state index contributed by atoms with van der Waals surface area (Å²) < 4.78 is 27.1. The van der Waals surface area contributed by atoms with Crippen LogP contribution < -0.4 is 10.0 Å². The Morgan fingerprint density at radius 2 is 2.17 bits per heavy atom. The van der Waals surface area contributed by atoms with Crippen molar-refractivity contribution in [2.45, 2.75) is 31.6 Å². The number of nitrogens with zero attached hydrogens (tertiary/aromatic N) is 1. The van der Waals surface area contributed by atoms with E-state index in [0.29, 0.717) is 18.9 Å². The second kappa shape index (κ2) is 4.85. The number of hydrogen-bond donors (Lipinski definition) is 2. The summed E-state index contributed by atoms with van der Waals surface area (Å²) in [7, 11) is -3.48. The van der Waals surface area contributed by atoms with E-state index in [0.717, 1.165) is 12.8 Å². The van der Waals surface area contributed by atoms with E-state index in [4.69, 9.17) is 0 Å². The van der Waals surface area contributed by atoms with Gasteiger partial charge >= 0.3 is 0 Å². The molecule has 100 valence electrons. The SMILES string of the molecule is CCNc1ncccc1S(=O)(=O)NCC1(C)CC1. The van der Waals surface area contributed by atoms with Crippen molar-refractivity contribution in [2.24, 2.45) is 5.41 Å². The third kappa shape index (κ3) is 3.00. The van der Waals surface area contributed by atoms with E-state index in [9.17, 15) is 8.42 Å². The highest BCUT2D eigenvalue weighted by atomic mass is 32.2. The minimum Gasteiger partial charge on any atom is -0.369 e. The van der Waals surface area contributed by atoms with E-state index in [2.05, 4.69) is 21.9 Å². The Labute approximate surface area is 108 Å². The number of sulfonamides is 1. The number of aromatic nitrogens is 1. The molecule has 0 radical (unpaired) electrons. The molecule has 5 nitrogen and oxygen atoms in total. The Bertz CT molecular complexity index is 524. The van der Waals surface area contributed by atoms with Crippen molar-refractivity contribution in [1.29, 1.82) is 0 Å². The molecule has 0 aromatic carbocycles. The molecule has 0 atom stereocenters. The average molecular weight is 269 g/mol. The van der Waals surface area contributed by atoms with Crippen LogP contribution in [-0.2, 0) is 10.0 Å². The summed E-state index contributed by atoms with van der Waals surface area (Å²) in [6, 6.07) is 3.21. The Kier molecular flexibility index (Phi) is 3.59. The number of anilines is 1. The van der Waals surface area contributed by atoms with E-state index in [1.807, 2.05) is 6.92 Å². The molecule has 1 aliphatic carbocycles. The fourth-order valence-corrected chi connectivity index (χ4v) is 2.98. The maximum absolute atomic E-state index is 12.2. The van der Waals surface area contributed by atoms with Crippen LogP contribution in [0.5, 0.6) is 0 Å². The molecular weight excluding hydrogens is 250 g/mol. The van der Waals surface area contributed by atoms with Crippen LogP contribution in [-0.4, -0.2) is 26.5 Å². The van der Waals surface area contributed by atoms with Gasteiger partial charge in [0.1, 0.15) is 10.7 Å². The fraction of sp³-hybridized carbons (Fsp3) is 0.583. The molecule has 0 unspecified atom stereocenters. The monoisotopic (exact) mass is 269 g/mol. The minimum absolute atomic E-state index is 0.146. The second-order valence-electron chi connectivity index (χ2n) is 5.02. The zero-order chi connectivity index (χ0) is 13.2. The first-order chi connectivity index (χ1) is 8.47. The Morgan fingerprint density at radius 1 is 1.44 bits per heavy atom. The van der Waals surface area contributed by atoms with Gasteiger partial charge in [-0.2, -0.15) is 0 Å². The Balaban J connectivity index is 2.17. The standard InChI is InChI=1S/C12H19N3O2S/c1-3-13-11-10(5-4-8-14-11)18(16,17)15-9-12(2)6-7-12/h4-5,8,15H,3,6-7,9H2,1-2H3,(H,13,14). The van der Waals surface area contributed by atoms with Crippen LogP contribution in [0.25, 0.3) is 0 Å². The van der Waals surface area contributed by atoms with E-state index >= 15 is 0 Å². The molecule has 2 N–H and O–H groups in total. The van der Waals surface area contributed by atoms with Gasteiger partial charge < -0.3 is 5.32 Å². The summed E-state index contributed by atoms with van der Waals surface area (Å²) in [6.07, 6.45) is 3.75. The maximum atomic E-state index is 12.2. The van der Waals surface area contributed by atoms with E-state index in [-0.39, 0.29) is 10.3 Å². The minimum atomic E-state index is -3.48. The van der Waals surface area contributed by atoms with Gasteiger partial charge in [-0.3, -0.25) is 0 Å². The van der Waals surface area contributed by atoms with Crippen LogP contribution in [0.3, 0.4) is 0 Å². The molecule has 0 amide bonds. The van der Waals surface area contributed by atoms with Gasteiger partial charge in [0.25, 0.3) is 0 Å². The fourth-order valence-electron chi connectivity index (χ4n) is 1.64. The first kappa shape index (κ1) is 13.3. The number of pyridine rings is 1. The lowest BCUT2D eigenvalue weighted by Crippen LogP contribution is -2.30. The Hall–Kier alpha value is -1.14. The largest absolute Gasteiger partial charge is 0.369 e. The van der Waals surface area contributed by atoms with Crippen molar-refractivity contribution < 1.29 is 8.42 Å². The van der Waals surface area contributed by atoms with Crippen LogP contribution in [0.15, 0.2) is 23.2 Å². The first-order valence-electron chi connectivity index (χ1n) is 6.15. The summed E-state index contributed by atoms with van der Waals surface area (Å²) in [4.78, 5) is 4.28. The maximum Gasteiger partial charge on any atom is 0.244 e. The predicted octanol–water partition coefficient (Wildman–Crippen LogP) is 1.59. The molecule has 6 heteroatoms. The zero-order valence-electron chi connectivity index (χ0n) is 10.7. The quantitative estimate of drug-likeness (QED) is 0.822. The average Bonchev–Trinajstić information content (AvgIpc) is 3.07. The molecule has 0 spiro atoms. The summed E-state index contributed by atoms with van der Waals surface area (Å²) in [5.41, 5.74) is 0.146. The predicted molar refractivity (Wildman–Crippen MR) is 70.9 cm³/mol. The molecule has 0 bridgehead atoms. The molecule has 1 aromatic heterocycles. The second-order valence-corrected chi connectivity index (χ2v) is 6.75. The Morgan fingerprint density at radius 3 is 2.78 bits per heavy atom. The van der Waals surface area contributed by atoms with Crippen molar-refractivity contribution in [3.05, 3.63) is 18.3 Å². The normalized spacial score (nSPS) is 17.4. The number of hydrogen-bond acceptors (Lipinski definition) is 4. The van der Waals surface area contributed by atoms with Crippen LogP contribution in [0.4, 0.5) is 5.82 Å². The van der Waals surface area contributed by atoms with Crippen molar-refractivity contribution in [2.75, 3.05) is 18.4 Å².